The summed E-state index contributed by atoms with van der Waals surface area (Å²) in [5.41, 5.74) is 6.98. The van der Waals surface area contributed by atoms with Crippen molar-refractivity contribution in [1.29, 1.82) is 0 Å². The third kappa shape index (κ3) is 1.73. The zero-order chi connectivity index (χ0) is 11.8. The predicted octanol–water partition coefficient (Wildman–Crippen LogP) is 1.89. The largest absolute Gasteiger partial charge is 0.355 e. The van der Waals surface area contributed by atoms with Crippen LogP contribution in [0.2, 0.25) is 0 Å². The Labute approximate surface area is 105 Å². The highest BCUT2D eigenvalue weighted by atomic mass is 32.1. The normalized spacial score (nSPS) is 16.4. The van der Waals surface area contributed by atoms with Gasteiger partial charge in [-0.15, -0.1) is 11.3 Å². The standard InChI is InChI=1S/C12H18N4S/c1-15(9-3-2-4-9)11-10(5-6-13)16-7-8-17-12(16)14-11/h7-9H,2-6,13H2,1H3. The van der Waals surface area contributed by atoms with Crippen LogP contribution in [0.15, 0.2) is 11.6 Å². The number of rotatable bonds is 4. The Kier molecular flexibility index (Phi) is 2.80. The van der Waals surface area contributed by atoms with Gasteiger partial charge in [-0.3, -0.25) is 4.40 Å². The Morgan fingerprint density at radius 3 is 3.06 bits per heavy atom. The van der Waals surface area contributed by atoms with Crippen LogP contribution in [0.1, 0.15) is 25.0 Å². The molecular weight excluding hydrogens is 232 g/mol. The molecule has 0 radical (unpaired) electrons. The van der Waals surface area contributed by atoms with Gasteiger partial charge >= 0.3 is 0 Å². The van der Waals surface area contributed by atoms with Crippen LogP contribution in [0.5, 0.6) is 0 Å². The maximum atomic E-state index is 5.71. The summed E-state index contributed by atoms with van der Waals surface area (Å²) in [4.78, 5) is 8.17. The molecule has 1 saturated carbocycles. The molecule has 0 unspecified atom stereocenters. The fraction of sp³-hybridized carbons (Fsp3) is 0.583. The van der Waals surface area contributed by atoms with Gasteiger partial charge in [-0.1, -0.05) is 0 Å². The minimum Gasteiger partial charge on any atom is -0.355 e. The van der Waals surface area contributed by atoms with E-state index in [-0.39, 0.29) is 0 Å². The van der Waals surface area contributed by atoms with E-state index in [4.69, 9.17) is 10.7 Å². The lowest BCUT2D eigenvalue weighted by Crippen LogP contribution is -2.38. The minimum atomic E-state index is 0.676. The minimum absolute atomic E-state index is 0.676. The summed E-state index contributed by atoms with van der Waals surface area (Å²) in [5.74, 6) is 1.13. The maximum absolute atomic E-state index is 5.71. The molecule has 4 nitrogen and oxygen atoms in total. The first-order valence-corrected chi connectivity index (χ1v) is 7.06. The Bertz CT molecular complexity index is 512. The van der Waals surface area contributed by atoms with Crippen molar-refractivity contribution in [2.45, 2.75) is 31.7 Å². The lowest BCUT2D eigenvalue weighted by Gasteiger charge is -2.35. The van der Waals surface area contributed by atoms with E-state index in [1.165, 1.54) is 25.0 Å². The molecule has 0 amide bonds. The first-order chi connectivity index (χ1) is 8.31. The van der Waals surface area contributed by atoms with Crippen LogP contribution >= 0.6 is 11.3 Å². The molecule has 0 saturated heterocycles. The molecule has 1 fully saturated rings. The third-order valence-electron chi connectivity index (χ3n) is 3.68. The van der Waals surface area contributed by atoms with Gasteiger partial charge in [0.05, 0.1) is 5.69 Å². The van der Waals surface area contributed by atoms with E-state index in [1.54, 1.807) is 11.3 Å². The van der Waals surface area contributed by atoms with E-state index < -0.39 is 0 Å². The number of hydrogen-bond donors (Lipinski definition) is 1. The second kappa shape index (κ2) is 4.31. The second-order valence-corrected chi connectivity index (χ2v) is 5.55. The van der Waals surface area contributed by atoms with E-state index in [9.17, 15) is 0 Å². The Morgan fingerprint density at radius 2 is 2.41 bits per heavy atom. The molecule has 0 aliphatic heterocycles. The summed E-state index contributed by atoms with van der Waals surface area (Å²) in [6, 6.07) is 0.677. The molecule has 0 bridgehead atoms. The van der Waals surface area contributed by atoms with Gasteiger partial charge in [0, 0.05) is 31.1 Å². The van der Waals surface area contributed by atoms with E-state index in [1.807, 2.05) is 0 Å². The number of aromatic nitrogens is 2. The molecule has 2 aromatic heterocycles. The molecule has 2 N–H and O–H groups in total. The lowest BCUT2D eigenvalue weighted by atomic mass is 9.92. The number of hydrogen-bond acceptors (Lipinski definition) is 4. The first-order valence-electron chi connectivity index (χ1n) is 6.18. The van der Waals surface area contributed by atoms with Crippen molar-refractivity contribution in [2.75, 3.05) is 18.5 Å². The zero-order valence-corrected chi connectivity index (χ0v) is 10.9. The summed E-state index contributed by atoms with van der Waals surface area (Å²) in [6.07, 6.45) is 6.93. The van der Waals surface area contributed by atoms with Crippen molar-refractivity contribution in [3.8, 4) is 0 Å². The van der Waals surface area contributed by atoms with Crippen LogP contribution in [-0.4, -0.2) is 29.0 Å². The van der Waals surface area contributed by atoms with E-state index in [2.05, 4.69) is 27.9 Å². The van der Waals surface area contributed by atoms with Crippen LogP contribution in [0, 0.1) is 0 Å². The second-order valence-electron chi connectivity index (χ2n) is 4.67. The van der Waals surface area contributed by atoms with Crippen molar-refractivity contribution >= 4 is 22.1 Å². The van der Waals surface area contributed by atoms with Crippen molar-refractivity contribution in [1.82, 2.24) is 9.38 Å². The van der Waals surface area contributed by atoms with Crippen molar-refractivity contribution < 1.29 is 0 Å². The molecule has 0 spiro atoms. The SMILES string of the molecule is CN(c1nc2sccn2c1CCN)C1CCC1. The number of imidazole rings is 1. The van der Waals surface area contributed by atoms with Gasteiger partial charge in [0.1, 0.15) is 0 Å². The quantitative estimate of drug-likeness (QED) is 0.901. The van der Waals surface area contributed by atoms with Crippen molar-refractivity contribution in [3.63, 3.8) is 0 Å². The molecule has 2 aromatic rings. The van der Waals surface area contributed by atoms with Gasteiger partial charge in [0.15, 0.2) is 10.8 Å². The van der Waals surface area contributed by atoms with E-state index >= 15 is 0 Å². The van der Waals surface area contributed by atoms with Crippen LogP contribution in [0.4, 0.5) is 5.82 Å². The monoisotopic (exact) mass is 250 g/mol. The van der Waals surface area contributed by atoms with Crippen LogP contribution in [0.25, 0.3) is 4.96 Å². The molecule has 1 aliphatic carbocycles. The highest BCUT2D eigenvalue weighted by molar-refractivity contribution is 7.15. The summed E-state index contributed by atoms with van der Waals surface area (Å²) >= 11 is 1.69. The maximum Gasteiger partial charge on any atom is 0.195 e. The average Bonchev–Trinajstić information content (AvgIpc) is 2.78. The molecule has 2 heterocycles. The lowest BCUT2D eigenvalue weighted by molar-refractivity contribution is 0.399. The van der Waals surface area contributed by atoms with E-state index in [0.717, 1.165) is 17.2 Å². The van der Waals surface area contributed by atoms with Crippen LogP contribution in [-0.2, 0) is 6.42 Å². The van der Waals surface area contributed by atoms with Gasteiger partial charge in [0.2, 0.25) is 0 Å². The van der Waals surface area contributed by atoms with E-state index in [0.29, 0.717) is 12.6 Å². The van der Waals surface area contributed by atoms with Gasteiger partial charge in [-0.2, -0.15) is 0 Å². The highest BCUT2D eigenvalue weighted by Gasteiger charge is 2.26. The van der Waals surface area contributed by atoms with Crippen molar-refractivity contribution in [2.24, 2.45) is 5.73 Å². The zero-order valence-electron chi connectivity index (χ0n) is 10.1. The summed E-state index contributed by atoms with van der Waals surface area (Å²) in [7, 11) is 2.16. The molecule has 0 aromatic carbocycles. The average molecular weight is 250 g/mol. The number of nitrogens with two attached hydrogens (primary N) is 1. The topological polar surface area (TPSA) is 46.6 Å². The van der Waals surface area contributed by atoms with Gasteiger partial charge in [-0.25, -0.2) is 4.98 Å². The van der Waals surface area contributed by atoms with Crippen LogP contribution in [0.3, 0.4) is 0 Å². The molecule has 17 heavy (non-hydrogen) atoms. The van der Waals surface area contributed by atoms with Gasteiger partial charge in [0.25, 0.3) is 0 Å². The highest BCUT2D eigenvalue weighted by Crippen LogP contribution is 2.31. The predicted molar refractivity (Wildman–Crippen MR) is 71.9 cm³/mol. The fourth-order valence-corrected chi connectivity index (χ4v) is 3.15. The summed E-state index contributed by atoms with van der Waals surface area (Å²) < 4.78 is 2.18. The summed E-state index contributed by atoms with van der Waals surface area (Å²) in [6.45, 7) is 0.676. The molecule has 0 atom stereocenters. The molecule has 1 aliphatic rings. The fourth-order valence-electron chi connectivity index (χ4n) is 2.42. The number of fused-ring (bicyclic) bond motifs is 1. The third-order valence-corrected chi connectivity index (χ3v) is 4.43. The molecule has 5 heteroatoms. The first kappa shape index (κ1) is 11.0. The molecular formula is C12H18N4S. The van der Waals surface area contributed by atoms with Gasteiger partial charge < -0.3 is 10.6 Å². The molecule has 3 rings (SSSR count). The van der Waals surface area contributed by atoms with Crippen molar-refractivity contribution in [3.05, 3.63) is 17.3 Å². The Balaban J connectivity index is 2.00. The van der Waals surface area contributed by atoms with Crippen LogP contribution < -0.4 is 10.6 Å². The Morgan fingerprint density at radius 1 is 1.59 bits per heavy atom. The smallest absolute Gasteiger partial charge is 0.195 e. The Hall–Kier alpha value is -1.07. The number of nitrogens with zero attached hydrogens (tertiary/aromatic N) is 3. The number of anilines is 1. The van der Waals surface area contributed by atoms with Gasteiger partial charge in [-0.05, 0) is 25.8 Å². The number of thiazole rings is 1. The molecule has 92 valence electrons. The summed E-state index contributed by atoms with van der Waals surface area (Å²) in [5, 5.41) is 2.08.